The molecule has 2 saturated heterocycles. The fraction of sp³-hybridized carbons (Fsp3) is 0.467. The van der Waals surface area contributed by atoms with Crippen LogP contribution >= 0.6 is 23.5 Å². The van der Waals surface area contributed by atoms with Gasteiger partial charge in [0, 0.05) is 47.2 Å². The van der Waals surface area contributed by atoms with E-state index in [2.05, 4.69) is 52.5 Å². The number of thioether (sulfide) groups is 2. The van der Waals surface area contributed by atoms with Crippen LogP contribution < -0.4 is 48.3 Å². The number of carboxylic acid groups (broad SMARTS) is 1. The van der Waals surface area contributed by atoms with E-state index < -0.39 is 108 Å². The maximum atomic E-state index is 14.2. The summed E-state index contributed by atoms with van der Waals surface area (Å²) in [6, 6.07) is 4.48. The number of amides is 8. The summed E-state index contributed by atoms with van der Waals surface area (Å²) in [4.78, 5) is 129. The molecule has 376 valence electrons. The molecule has 3 aliphatic rings. The Kier molecular flexibility index (Phi) is 19.0. The van der Waals surface area contributed by atoms with Crippen LogP contribution in [0, 0.1) is 0 Å². The van der Waals surface area contributed by atoms with E-state index in [9.17, 15) is 53.4 Å². The van der Waals surface area contributed by atoms with Crippen molar-refractivity contribution in [1.29, 1.82) is 0 Å². The van der Waals surface area contributed by atoms with Crippen molar-refractivity contribution in [2.24, 2.45) is 5.73 Å². The maximum Gasteiger partial charge on any atom is 0.407 e. The Hall–Kier alpha value is -6.70. The molecule has 1 aromatic heterocycles. The van der Waals surface area contributed by atoms with Gasteiger partial charge in [0.15, 0.2) is 0 Å². The number of rotatable bonds is 15. The minimum atomic E-state index is -1.72. The molecule has 3 heterocycles. The molecule has 2 fully saturated rings. The first-order valence-corrected chi connectivity index (χ1v) is 24.9. The fourth-order valence-electron chi connectivity index (χ4n) is 7.93. The highest BCUT2D eigenvalue weighted by atomic mass is 32.2. The van der Waals surface area contributed by atoms with Gasteiger partial charge in [0.2, 0.25) is 41.4 Å². The molecule has 0 radical (unpaired) electrons. The van der Waals surface area contributed by atoms with E-state index in [0.29, 0.717) is 25.1 Å². The summed E-state index contributed by atoms with van der Waals surface area (Å²) in [5.41, 5.74) is 10.2. The first kappa shape index (κ1) is 52.7. The number of aromatic nitrogens is 2. The van der Waals surface area contributed by atoms with Gasteiger partial charge in [0.05, 0.1) is 12.9 Å². The number of carbonyl (C=O) groups excluding carboxylic acids is 8. The summed E-state index contributed by atoms with van der Waals surface area (Å²) in [6.45, 7) is 0.692. The van der Waals surface area contributed by atoms with Gasteiger partial charge in [0.25, 0.3) is 0 Å². The van der Waals surface area contributed by atoms with Gasteiger partial charge in [-0.05, 0) is 55.0 Å². The third kappa shape index (κ3) is 14.0. The highest BCUT2D eigenvalue weighted by Crippen LogP contribution is 2.44. The number of nitrogens with two attached hydrogens (primary N) is 1. The van der Waals surface area contributed by atoms with E-state index in [1.165, 1.54) is 19.4 Å². The predicted octanol–water partition coefficient (Wildman–Crippen LogP) is -2.03. The molecular formula is C45H57N11O12S2. The topological polar surface area (TPSA) is 354 Å². The number of aliphatic carboxylic acids is 1. The Morgan fingerprint density at radius 1 is 0.786 bits per heavy atom. The van der Waals surface area contributed by atoms with Crippen LogP contribution in [0.25, 0.3) is 11.1 Å². The highest BCUT2D eigenvalue weighted by Gasteiger charge is 2.37. The van der Waals surface area contributed by atoms with Crippen molar-refractivity contribution in [3.05, 3.63) is 77.9 Å². The van der Waals surface area contributed by atoms with Crippen molar-refractivity contribution < 1.29 is 58.1 Å². The average molecular weight is 1010 g/mol. The monoisotopic (exact) mass is 1010 g/mol. The van der Waals surface area contributed by atoms with Crippen molar-refractivity contribution in [3.63, 3.8) is 0 Å². The van der Waals surface area contributed by atoms with Gasteiger partial charge in [-0.25, -0.2) is 14.6 Å². The normalized spacial score (nSPS) is 23.1. The second-order valence-corrected chi connectivity index (χ2v) is 18.9. The lowest BCUT2D eigenvalue weighted by atomic mass is 9.98. The van der Waals surface area contributed by atoms with E-state index in [0.717, 1.165) is 45.8 Å². The van der Waals surface area contributed by atoms with Gasteiger partial charge in [-0.3, -0.25) is 33.6 Å². The molecule has 2 aromatic carbocycles. The third-order valence-electron chi connectivity index (χ3n) is 11.7. The lowest BCUT2D eigenvalue weighted by Crippen LogP contribution is -2.60. The first-order valence-electron chi connectivity index (χ1n) is 22.6. The number of aromatic amines is 1. The summed E-state index contributed by atoms with van der Waals surface area (Å²) >= 11 is 1.91. The number of aliphatic hydroxyl groups is 1. The number of aliphatic hydroxyl groups excluding tert-OH is 1. The van der Waals surface area contributed by atoms with Crippen molar-refractivity contribution in [2.75, 3.05) is 42.8 Å². The molecule has 8 atom stereocenters. The zero-order chi connectivity index (χ0) is 50.3. The Balaban J connectivity index is 1.20. The number of nitrogens with zero attached hydrogens (tertiary/aromatic N) is 1. The molecule has 1 aliphatic carbocycles. The van der Waals surface area contributed by atoms with Crippen LogP contribution in [0.3, 0.4) is 0 Å². The number of nitrogens with one attached hydrogen (secondary N) is 9. The number of hydrogen-bond acceptors (Lipinski definition) is 15. The van der Waals surface area contributed by atoms with Gasteiger partial charge in [-0.15, -0.1) is 0 Å². The van der Waals surface area contributed by atoms with Crippen LogP contribution in [-0.2, 0) is 49.5 Å². The standard InChI is InChI=1S/C45H57N11O12S2/c1-23-37(58)52-34-19-70-21-36(42(63)51-32(16-57)44(65)66)54-39(60)31(14-24-15-47-22-48-24)50-41(62)35(55-43(34)64)20-69-18-33(40(61)49-23)53-38(59)30(12-6-7-13-46)56-45(67)68-17-29-27-10-4-2-8-25(27)26-9-3-5-11-28(26)29/h2-5,8-11,15,22-23,29-36,57H,6-7,12-14,16-21,46H2,1H3,(H,47,48)(H,49,61)(H,50,62)(H,51,63)(H,52,58)(H,53,59)(H,54,60)(H,55,64)(H,56,67)(H,65,66)/t23-,30-,31-,32-,33+,34+,35-,36-/m0/s1. The van der Waals surface area contributed by atoms with Crippen molar-refractivity contribution in [3.8, 4) is 11.1 Å². The molecule has 70 heavy (non-hydrogen) atoms. The summed E-state index contributed by atoms with van der Waals surface area (Å²) in [5, 5.41) is 39.4. The lowest BCUT2D eigenvalue weighted by Gasteiger charge is -2.26. The van der Waals surface area contributed by atoms with Crippen molar-refractivity contribution in [1.82, 2.24) is 52.5 Å². The molecule has 23 nitrogen and oxygen atoms in total. The third-order valence-corrected chi connectivity index (χ3v) is 14.0. The predicted molar refractivity (Wildman–Crippen MR) is 256 cm³/mol. The van der Waals surface area contributed by atoms with E-state index in [1.54, 1.807) is 0 Å². The molecule has 25 heteroatoms. The molecule has 2 aliphatic heterocycles. The van der Waals surface area contributed by atoms with Crippen LogP contribution in [-0.4, -0.2) is 165 Å². The summed E-state index contributed by atoms with van der Waals surface area (Å²) in [5.74, 6) is -8.62. The zero-order valence-corrected chi connectivity index (χ0v) is 39.7. The van der Waals surface area contributed by atoms with Crippen LogP contribution in [0.2, 0.25) is 0 Å². The molecule has 0 spiro atoms. The van der Waals surface area contributed by atoms with Crippen molar-refractivity contribution in [2.45, 2.75) is 86.9 Å². The Labute approximate surface area is 410 Å². The van der Waals surface area contributed by atoms with E-state index in [-0.39, 0.29) is 48.4 Å². The number of carbonyl (C=O) groups is 9. The molecule has 0 unspecified atom stereocenters. The minimum absolute atomic E-state index is 0.0177. The van der Waals surface area contributed by atoms with E-state index in [1.807, 2.05) is 48.5 Å². The van der Waals surface area contributed by atoms with E-state index in [4.69, 9.17) is 10.5 Å². The van der Waals surface area contributed by atoms with Gasteiger partial charge in [-0.1, -0.05) is 48.5 Å². The smallest absolute Gasteiger partial charge is 0.407 e. The van der Waals surface area contributed by atoms with Crippen LogP contribution in [0.4, 0.5) is 4.79 Å². The summed E-state index contributed by atoms with van der Waals surface area (Å²) in [6.07, 6.45) is 2.79. The van der Waals surface area contributed by atoms with Crippen molar-refractivity contribution >= 4 is 76.9 Å². The minimum Gasteiger partial charge on any atom is -0.480 e. The lowest BCUT2D eigenvalue weighted by molar-refractivity contribution is -0.143. The highest BCUT2D eigenvalue weighted by molar-refractivity contribution is 7.99. The molecule has 13 N–H and O–H groups in total. The SMILES string of the molecule is C[C@@H]1NC(=O)[C@H](NC(=O)[C@H](CCCCN)NC(=O)OCC2c3ccccc3-c3ccccc32)CSC[C@@H]2NC(=O)[C@@H](CSC[C@@H](C(=O)N[C@@H](CO)C(=O)O)NC(=O)[C@H](Cc3cnc[nH]3)NC2=O)NC1=O. The fourth-order valence-corrected chi connectivity index (χ4v) is 10.1. The number of imidazole rings is 1. The zero-order valence-electron chi connectivity index (χ0n) is 38.1. The quantitative estimate of drug-likeness (QED) is 0.0731. The van der Waals surface area contributed by atoms with Crippen LogP contribution in [0.15, 0.2) is 61.1 Å². The number of ether oxygens (including phenoxy) is 1. The summed E-state index contributed by atoms with van der Waals surface area (Å²) in [7, 11) is 0. The molecular weight excluding hydrogens is 951 g/mol. The van der Waals surface area contributed by atoms with Gasteiger partial charge in [0.1, 0.15) is 54.9 Å². The molecule has 8 amide bonds. The Morgan fingerprint density at radius 3 is 2.06 bits per heavy atom. The first-order chi connectivity index (χ1) is 33.7. The number of unbranched alkanes of at least 4 members (excludes halogenated alkanes) is 1. The van der Waals surface area contributed by atoms with Gasteiger partial charge in [-0.2, -0.15) is 23.5 Å². The van der Waals surface area contributed by atoms with Gasteiger partial charge >= 0.3 is 12.1 Å². The molecule has 3 aromatic rings. The number of carboxylic acids is 1. The number of benzene rings is 2. The summed E-state index contributed by atoms with van der Waals surface area (Å²) < 4.78 is 5.73. The average Bonchev–Trinajstić information content (AvgIpc) is 3.98. The number of H-pyrrole nitrogens is 1. The largest absolute Gasteiger partial charge is 0.480 e. The number of alkyl carbamates (subject to hydrolysis) is 1. The van der Waals surface area contributed by atoms with Crippen LogP contribution in [0.1, 0.15) is 48.9 Å². The molecule has 0 saturated carbocycles. The second-order valence-electron chi connectivity index (χ2n) is 16.8. The van der Waals surface area contributed by atoms with E-state index >= 15 is 0 Å². The second kappa shape index (κ2) is 25.2. The number of hydrogen-bond donors (Lipinski definition) is 12. The Bertz CT molecular complexity index is 2350. The molecule has 2 bridgehead atoms. The number of fused-ring (bicyclic) bond motifs is 6. The Morgan fingerprint density at radius 2 is 1.43 bits per heavy atom. The maximum absolute atomic E-state index is 14.2. The van der Waals surface area contributed by atoms with Crippen LogP contribution in [0.5, 0.6) is 0 Å². The van der Waals surface area contributed by atoms with Gasteiger partial charge < -0.3 is 68.2 Å². The molecule has 6 rings (SSSR count).